The smallest absolute Gasteiger partial charge is 0.264 e. The molecule has 0 aliphatic rings. The van der Waals surface area contributed by atoms with Crippen molar-refractivity contribution in [1.82, 2.24) is 10.2 Å². The van der Waals surface area contributed by atoms with Crippen LogP contribution in [0.25, 0.3) is 0 Å². The third-order valence-corrected chi connectivity index (χ3v) is 8.25. The SMILES string of the molecule is Cc1ccc(S(=O)(=O)N(CC(=O)N(Cc2cccc(Cl)c2)[C@@H](C)C(=O)NC(C)(C)C)c2ccccc2Cl)cc1. The lowest BCUT2D eigenvalue weighted by Crippen LogP contribution is -2.54. The van der Waals surface area contributed by atoms with Crippen molar-refractivity contribution in [2.45, 2.75) is 57.6 Å². The molecule has 1 N–H and O–H groups in total. The van der Waals surface area contributed by atoms with Crippen LogP contribution in [0.3, 0.4) is 0 Å². The predicted molar refractivity (Wildman–Crippen MR) is 157 cm³/mol. The van der Waals surface area contributed by atoms with Gasteiger partial charge in [0.15, 0.2) is 0 Å². The molecule has 3 aromatic rings. The summed E-state index contributed by atoms with van der Waals surface area (Å²) in [6.45, 7) is 8.45. The van der Waals surface area contributed by atoms with E-state index >= 15 is 0 Å². The lowest BCUT2D eigenvalue weighted by molar-refractivity contribution is -0.140. The summed E-state index contributed by atoms with van der Waals surface area (Å²) in [6.07, 6.45) is 0. The van der Waals surface area contributed by atoms with Crippen molar-refractivity contribution in [2.24, 2.45) is 0 Å². The number of rotatable bonds is 9. The van der Waals surface area contributed by atoms with Crippen LogP contribution in [0.15, 0.2) is 77.7 Å². The van der Waals surface area contributed by atoms with Crippen molar-refractivity contribution in [1.29, 1.82) is 0 Å². The number of anilines is 1. The number of hydrogen-bond acceptors (Lipinski definition) is 4. The number of carbonyl (C=O) groups excluding carboxylic acids is 2. The first-order valence-corrected chi connectivity index (χ1v) is 14.6. The van der Waals surface area contributed by atoms with Gasteiger partial charge in [-0.1, -0.05) is 65.2 Å². The Hall–Kier alpha value is -3.07. The molecule has 3 aromatic carbocycles. The van der Waals surface area contributed by atoms with Gasteiger partial charge in [0.1, 0.15) is 12.6 Å². The largest absolute Gasteiger partial charge is 0.350 e. The van der Waals surface area contributed by atoms with Crippen molar-refractivity contribution in [3.63, 3.8) is 0 Å². The van der Waals surface area contributed by atoms with E-state index in [0.717, 1.165) is 9.87 Å². The molecule has 7 nitrogen and oxygen atoms in total. The third-order valence-electron chi connectivity index (χ3n) is 5.92. The minimum absolute atomic E-state index is 0.0146. The molecule has 0 spiro atoms. The highest BCUT2D eigenvalue weighted by molar-refractivity contribution is 7.92. The number of para-hydroxylation sites is 1. The van der Waals surface area contributed by atoms with Gasteiger partial charge in [0.05, 0.1) is 15.6 Å². The highest BCUT2D eigenvalue weighted by Gasteiger charge is 2.34. The molecule has 0 aliphatic heterocycles. The number of nitrogens with one attached hydrogen (secondary N) is 1. The average molecular weight is 591 g/mol. The summed E-state index contributed by atoms with van der Waals surface area (Å²) in [7, 11) is -4.20. The van der Waals surface area contributed by atoms with Gasteiger partial charge in [-0.15, -0.1) is 0 Å². The van der Waals surface area contributed by atoms with Crippen LogP contribution in [0.5, 0.6) is 0 Å². The number of aryl methyl sites for hydroxylation is 1. The Kier molecular flexibility index (Phi) is 9.69. The summed E-state index contributed by atoms with van der Waals surface area (Å²) < 4.78 is 28.7. The van der Waals surface area contributed by atoms with Gasteiger partial charge in [0.2, 0.25) is 11.8 Å². The molecule has 10 heteroatoms. The maximum absolute atomic E-state index is 13.9. The van der Waals surface area contributed by atoms with Crippen LogP contribution in [0.2, 0.25) is 10.0 Å². The second kappa shape index (κ2) is 12.4. The summed E-state index contributed by atoms with van der Waals surface area (Å²) in [6, 6.07) is 18.8. The fraction of sp³-hybridized carbons (Fsp3) is 0.310. The van der Waals surface area contributed by atoms with Crippen LogP contribution in [-0.4, -0.2) is 43.3 Å². The Morgan fingerprint density at radius 1 is 0.949 bits per heavy atom. The Morgan fingerprint density at radius 2 is 1.59 bits per heavy atom. The molecule has 39 heavy (non-hydrogen) atoms. The zero-order valence-electron chi connectivity index (χ0n) is 22.6. The van der Waals surface area contributed by atoms with Crippen molar-refractivity contribution in [2.75, 3.05) is 10.8 Å². The molecule has 0 heterocycles. The van der Waals surface area contributed by atoms with Crippen molar-refractivity contribution in [3.05, 3.63) is 94.0 Å². The van der Waals surface area contributed by atoms with Crippen molar-refractivity contribution < 1.29 is 18.0 Å². The summed E-state index contributed by atoms with van der Waals surface area (Å²) in [5.41, 5.74) is 1.20. The standard InChI is InChI=1S/C29H33Cl2N3O4S/c1-20-13-15-24(16-14-20)39(37,38)34(26-12-7-6-11-25(26)31)19-27(35)33(18-22-9-8-10-23(30)17-22)21(2)28(36)32-29(3,4)5/h6-17,21H,18-19H2,1-5H3,(H,32,36)/t21-/m0/s1. The van der Waals surface area contributed by atoms with E-state index in [4.69, 9.17) is 23.2 Å². The molecule has 2 amide bonds. The summed E-state index contributed by atoms with van der Waals surface area (Å²) in [4.78, 5) is 28.4. The topological polar surface area (TPSA) is 86.8 Å². The molecule has 0 aliphatic carbocycles. The highest BCUT2D eigenvalue weighted by atomic mass is 35.5. The Morgan fingerprint density at radius 3 is 2.18 bits per heavy atom. The number of sulfonamides is 1. The van der Waals surface area contributed by atoms with Gasteiger partial charge in [-0.05, 0) is 76.6 Å². The van der Waals surface area contributed by atoms with E-state index in [0.29, 0.717) is 10.6 Å². The molecule has 0 radical (unpaired) electrons. The molecule has 0 fully saturated rings. The molecule has 0 saturated carbocycles. The molecular weight excluding hydrogens is 557 g/mol. The fourth-order valence-corrected chi connectivity index (χ4v) is 5.83. The molecule has 3 rings (SSSR count). The lowest BCUT2D eigenvalue weighted by atomic mass is 10.1. The first-order valence-electron chi connectivity index (χ1n) is 12.4. The van der Waals surface area contributed by atoms with Gasteiger partial charge >= 0.3 is 0 Å². The fourth-order valence-electron chi connectivity index (χ4n) is 3.89. The molecule has 0 aromatic heterocycles. The maximum atomic E-state index is 13.9. The molecule has 0 bridgehead atoms. The van der Waals surface area contributed by atoms with Gasteiger partial charge in [0.25, 0.3) is 10.0 Å². The third kappa shape index (κ3) is 7.97. The van der Waals surface area contributed by atoms with Gasteiger partial charge < -0.3 is 10.2 Å². The quantitative estimate of drug-likeness (QED) is 0.340. The van der Waals surface area contributed by atoms with Gasteiger partial charge in [0, 0.05) is 17.1 Å². The number of nitrogens with zero attached hydrogens (tertiary/aromatic N) is 2. The van der Waals surface area contributed by atoms with E-state index in [9.17, 15) is 18.0 Å². The zero-order chi connectivity index (χ0) is 29.0. The normalized spacial score (nSPS) is 12.5. The number of halogens is 2. The monoisotopic (exact) mass is 589 g/mol. The van der Waals surface area contributed by atoms with Crippen LogP contribution >= 0.6 is 23.2 Å². The van der Waals surface area contributed by atoms with Crippen molar-refractivity contribution >= 4 is 50.7 Å². The van der Waals surface area contributed by atoms with Crippen LogP contribution in [0.1, 0.15) is 38.8 Å². The predicted octanol–water partition coefficient (Wildman–Crippen LogP) is 5.83. The number of benzene rings is 3. The average Bonchev–Trinajstić information content (AvgIpc) is 2.85. The first-order chi connectivity index (χ1) is 18.2. The minimum atomic E-state index is -4.20. The van der Waals surface area contributed by atoms with E-state index in [-0.39, 0.29) is 28.1 Å². The molecular formula is C29H33Cl2N3O4S. The molecule has 0 saturated heterocycles. The lowest BCUT2D eigenvalue weighted by Gasteiger charge is -2.33. The molecule has 0 unspecified atom stereocenters. The number of hydrogen-bond donors (Lipinski definition) is 1. The second-order valence-electron chi connectivity index (χ2n) is 10.3. The summed E-state index contributed by atoms with van der Waals surface area (Å²) in [5.74, 6) is -0.953. The van der Waals surface area contributed by atoms with E-state index in [1.54, 1.807) is 67.6 Å². The number of carbonyl (C=O) groups is 2. The van der Waals surface area contributed by atoms with Crippen LogP contribution in [0.4, 0.5) is 5.69 Å². The minimum Gasteiger partial charge on any atom is -0.350 e. The van der Waals surface area contributed by atoms with E-state index < -0.39 is 34.1 Å². The Balaban J connectivity index is 2.05. The number of amides is 2. The van der Waals surface area contributed by atoms with Gasteiger partial charge in [-0.2, -0.15) is 0 Å². The van der Waals surface area contributed by atoms with Gasteiger partial charge in [-0.25, -0.2) is 8.42 Å². The van der Waals surface area contributed by atoms with E-state index in [1.807, 2.05) is 27.7 Å². The zero-order valence-corrected chi connectivity index (χ0v) is 24.9. The first kappa shape index (κ1) is 30.5. The molecule has 208 valence electrons. The van der Waals surface area contributed by atoms with Gasteiger partial charge in [-0.3, -0.25) is 13.9 Å². The van der Waals surface area contributed by atoms with E-state index in [2.05, 4.69) is 5.32 Å². The van der Waals surface area contributed by atoms with Crippen LogP contribution < -0.4 is 9.62 Å². The second-order valence-corrected chi connectivity index (χ2v) is 13.0. The molecule has 1 atom stereocenters. The highest BCUT2D eigenvalue weighted by Crippen LogP contribution is 2.31. The Labute approximate surface area is 240 Å². The Bertz CT molecular complexity index is 1440. The van der Waals surface area contributed by atoms with E-state index in [1.165, 1.54) is 17.0 Å². The van der Waals surface area contributed by atoms with Crippen LogP contribution in [-0.2, 0) is 26.2 Å². The van der Waals surface area contributed by atoms with Crippen LogP contribution in [0, 0.1) is 6.92 Å². The summed E-state index contributed by atoms with van der Waals surface area (Å²) >= 11 is 12.6. The summed E-state index contributed by atoms with van der Waals surface area (Å²) in [5, 5.41) is 3.54. The maximum Gasteiger partial charge on any atom is 0.264 e. The van der Waals surface area contributed by atoms with Crippen molar-refractivity contribution in [3.8, 4) is 0 Å².